The van der Waals surface area contributed by atoms with Crippen LogP contribution in [0.4, 0.5) is 5.69 Å². The maximum absolute atomic E-state index is 12.0. The van der Waals surface area contributed by atoms with Gasteiger partial charge >= 0.3 is 0 Å². The van der Waals surface area contributed by atoms with Gasteiger partial charge in [0.05, 0.1) is 0 Å². The van der Waals surface area contributed by atoms with Gasteiger partial charge < -0.3 is 15.1 Å². The molecule has 1 atom stereocenters. The summed E-state index contributed by atoms with van der Waals surface area (Å²) in [5, 5.41) is 5.46. The minimum Gasteiger partial charge on any atom is -0.440 e. The van der Waals surface area contributed by atoms with Crippen molar-refractivity contribution in [3.8, 4) is 0 Å². The lowest BCUT2D eigenvalue weighted by atomic mass is 10.2. The highest BCUT2D eigenvalue weighted by molar-refractivity contribution is 5.99. The van der Waals surface area contributed by atoms with E-state index in [1.807, 2.05) is 6.07 Å². The number of nitrogens with zero attached hydrogens (tertiary/aromatic N) is 1. The number of benzene rings is 1. The van der Waals surface area contributed by atoms with Crippen molar-refractivity contribution in [2.45, 2.75) is 37.6 Å². The van der Waals surface area contributed by atoms with Gasteiger partial charge in [-0.05, 0) is 31.4 Å². The Labute approximate surface area is 120 Å². The quantitative estimate of drug-likeness (QED) is 0.902. The summed E-state index contributed by atoms with van der Waals surface area (Å²) in [5.41, 5.74) is 2.15. The van der Waals surface area contributed by atoms with Gasteiger partial charge in [0, 0.05) is 24.1 Å². The molecule has 2 aliphatic rings. The summed E-state index contributed by atoms with van der Waals surface area (Å²) in [5.74, 6) is 0.984. The number of carbonyl (C=O) groups is 2. The van der Waals surface area contributed by atoms with E-state index in [0.717, 1.165) is 24.2 Å². The number of rotatable bonds is 3. The predicted octanol–water partition coefficient (Wildman–Crippen LogP) is 1.92. The molecule has 4 rings (SSSR count). The zero-order valence-corrected chi connectivity index (χ0v) is 11.4. The second kappa shape index (κ2) is 4.58. The fraction of sp³-hybridized carbons (Fsp3) is 0.400. The largest absolute Gasteiger partial charge is 0.440 e. The van der Waals surface area contributed by atoms with Crippen LogP contribution in [0, 0.1) is 0 Å². The number of nitrogens with one attached hydrogen (secondary N) is 2. The van der Waals surface area contributed by atoms with E-state index in [9.17, 15) is 9.59 Å². The topological polar surface area (TPSA) is 84.2 Å². The van der Waals surface area contributed by atoms with Gasteiger partial charge in [0.15, 0.2) is 11.5 Å². The van der Waals surface area contributed by atoms with Gasteiger partial charge in [-0.2, -0.15) is 0 Å². The first kappa shape index (κ1) is 12.4. The monoisotopic (exact) mass is 285 g/mol. The van der Waals surface area contributed by atoms with Crippen LogP contribution in [-0.4, -0.2) is 22.8 Å². The fourth-order valence-electron chi connectivity index (χ4n) is 2.57. The zero-order chi connectivity index (χ0) is 14.4. The van der Waals surface area contributed by atoms with Crippen LogP contribution in [0.15, 0.2) is 22.6 Å². The molecule has 2 heterocycles. The van der Waals surface area contributed by atoms with Crippen LogP contribution in [0.5, 0.6) is 0 Å². The third kappa shape index (κ3) is 2.37. The summed E-state index contributed by atoms with van der Waals surface area (Å²) in [6.45, 7) is 0. The molecule has 0 bridgehead atoms. The normalized spacial score (nSPS) is 21.5. The molecule has 0 spiro atoms. The molecule has 6 nitrogen and oxygen atoms in total. The summed E-state index contributed by atoms with van der Waals surface area (Å²) in [7, 11) is 0. The van der Waals surface area contributed by atoms with E-state index < -0.39 is 6.04 Å². The number of hydrogen-bond donors (Lipinski definition) is 2. The highest BCUT2D eigenvalue weighted by Crippen LogP contribution is 2.40. The highest BCUT2D eigenvalue weighted by Gasteiger charge is 2.29. The van der Waals surface area contributed by atoms with E-state index in [1.165, 1.54) is 0 Å². The lowest BCUT2D eigenvalue weighted by Gasteiger charge is -2.10. The Hall–Kier alpha value is -2.37. The van der Waals surface area contributed by atoms with Crippen LogP contribution in [0.2, 0.25) is 0 Å². The molecular weight excluding hydrogens is 270 g/mol. The van der Waals surface area contributed by atoms with Crippen molar-refractivity contribution in [1.29, 1.82) is 0 Å². The molecule has 21 heavy (non-hydrogen) atoms. The molecule has 1 unspecified atom stereocenters. The van der Waals surface area contributed by atoms with Crippen LogP contribution < -0.4 is 10.6 Å². The Kier molecular flexibility index (Phi) is 2.70. The summed E-state index contributed by atoms with van der Waals surface area (Å²) in [4.78, 5) is 27.6. The van der Waals surface area contributed by atoms with Gasteiger partial charge in [0.2, 0.25) is 11.8 Å². The van der Waals surface area contributed by atoms with Crippen molar-refractivity contribution in [1.82, 2.24) is 10.3 Å². The molecule has 1 saturated heterocycles. The van der Waals surface area contributed by atoms with Crippen molar-refractivity contribution in [2.75, 3.05) is 5.32 Å². The molecule has 1 aromatic heterocycles. The molecule has 2 fully saturated rings. The molecule has 6 heteroatoms. The van der Waals surface area contributed by atoms with Crippen LogP contribution in [0.25, 0.3) is 11.1 Å². The summed E-state index contributed by atoms with van der Waals surface area (Å²) < 4.78 is 5.72. The number of anilines is 1. The van der Waals surface area contributed by atoms with Gasteiger partial charge in [-0.1, -0.05) is 0 Å². The average Bonchev–Trinajstić information content (AvgIpc) is 3.09. The lowest BCUT2D eigenvalue weighted by molar-refractivity contribution is -0.122. The maximum Gasteiger partial charge on any atom is 0.246 e. The molecular formula is C15H15N3O3. The van der Waals surface area contributed by atoms with Crippen molar-refractivity contribution in [2.24, 2.45) is 0 Å². The van der Waals surface area contributed by atoms with Gasteiger partial charge in [-0.15, -0.1) is 0 Å². The first-order chi connectivity index (χ1) is 10.2. The Morgan fingerprint density at radius 1 is 1.33 bits per heavy atom. The van der Waals surface area contributed by atoms with E-state index >= 15 is 0 Å². The third-order valence-corrected chi connectivity index (χ3v) is 3.91. The number of carbonyl (C=O) groups excluding carboxylic acids is 2. The third-order valence-electron chi connectivity index (χ3n) is 3.91. The van der Waals surface area contributed by atoms with Gasteiger partial charge in [0.25, 0.3) is 0 Å². The predicted molar refractivity (Wildman–Crippen MR) is 75.8 cm³/mol. The Morgan fingerprint density at radius 3 is 2.90 bits per heavy atom. The first-order valence-electron chi connectivity index (χ1n) is 7.20. The molecule has 1 aromatic carbocycles. The lowest BCUT2D eigenvalue weighted by Crippen LogP contribution is -2.37. The van der Waals surface area contributed by atoms with E-state index in [4.69, 9.17) is 4.42 Å². The standard InChI is InChI=1S/C15H15N3O3/c19-13-6-5-11(17-13)14(20)16-9-3-4-10-12(7-9)21-15(18-10)8-1-2-8/h3-4,7-8,11H,1-2,5-6H2,(H,16,20)(H,17,19). The number of aromatic nitrogens is 1. The molecule has 108 valence electrons. The number of oxazole rings is 1. The SMILES string of the molecule is O=C1CCC(C(=O)Nc2ccc3nc(C4CC4)oc3c2)N1. The number of hydrogen-bond acceptors (Lipinski definition) is 4. The van der Waals surface area contributed by atoms with Crippen LogP contribution in [-0.2, 0) is 9.59 Å². The van der Waals surface area contributed by atoms with Gasteiger partial charge in [-0.25, -0.2) is 4.98 Å². The van der Waals surface area contributed by atoms with Crippen LogP contribution >= 0.6 is 0 Å². The average molecular weight is 285 g/mol. The van der Waals surface area contributed by atoms with E-state index in [-0.39, 0.29) is 11.8 Å². The zero-order valence-electron chi connectivity index (χ0n) is 11.4. The molecule has 1 aliphatic carbocycles. The second-order valence-corrected chi connectivity index (χ2v) is 5.66. The van der Waals surface area contributed by atoms with Crippen molar-refractivity contribution >= 4 is 28.6 Å². The molecule has 2 N–H and O–H groups in total. The maximum atomic E-state index is 12.0. The Bertz CT molecular complexity index is 733. The minimum absolute atomic E-state index is 0.0742. The Balaban J connectivity index is 1.53. The molecule has 1 aliphatic heterocycles. The van der Waals surface area contributed by atoms with E-state index in [1.54, 1.807) is 12.1 Å². The fourth-order valence-corrected chi connectivity index (χ4v) is 2.57. The van der Waals surface area contributed by atoms with Crippen molar-refractivity contribution in [3.63, 3.8) is 0 Å². The highest BCUT2D eigenvalue weighted by atomic mass is 16.3. The minimum atomic E-state index is -0.440. The molecule has 2 amide bonds. The van der Waals surface area contributed by atoms with E-state index in [0.29, 0.717) is 30.0 Å². The van der Waals surface area contributed by atoms with Crippen molar-refractivity contribution < 1.29 is 14.0 Å². The summed E-state index contributed by atoms with van der Waals surface area (Å²) in [6.07, 6.45) is 3.22. The molecule has 0 radical (unpaired) electrons. The molecule has 1 saturated carbocycles. The summed E-state index contributed by atoms with van der Waals surface area (Å²) in [6, 6.07) is 4.98. The number of amides is 2. The molecule has 2 aromatic rings. The van der Waals surface area contributed by atoms with Gasteiger partial charge in [-0.3, -0.25) is 9.59 Å². The van der Waals surface area contributed by atoms with Crippen LogP contribution in [0.3, 0.4) is 0 Å². The van der Waals surface area contributed by atoms with Crippen molar-refractivity contribution in [3.05, 3.63) is 24.1 Å². The summed E-state index contributed by atoms with van der Waals surface area (Å²) >= 11 is 0. The van der Waals surface area contributed by atoms with E-state index in [2.05, 4.69) is 15.6 Å². The first-order valence-corrected chi connectivity index (χ1v) is 7.20. The smallest absolute Gasteiger partial charge is 0.246 e. The Morgan fingerprint density at radius 2 is 2.19 bits per heavy atom. The van der Waals surface area contributed by atoms with Crippen LogP contribution in [0.1, 0.15) is 37.5 Å². The van der Waals surface area contributed by atoms with Gasteiger partial charge in [0.1, 0.15) is 11.6 Å². The second-order valence-electron chi connectivity index (χ2n) is 5.66. The number of fused-ring (bicyclic) bond motifs is 1.